The number of fused-ring (bicyclic) bond motifs is 1. The summed E-state index contributed by atoms with van der Waals surface area (Å²) in [6, 6.07) is 5.37. The lowest BCUT2D eigenvalue weighted by molar-refractivity contribution is -0.119. The van der Waals surface area contributed by atoms with Crippen LogP contribution >= 0.6 is 0 Å². The average molecular weight is 462 g/mol. The van der Waals surface area contributed by atoms with Gasteiger partial charge in [0.25, 0.3) is 5.91 Å². The van der Waals surface area contributed by atoms with Gasteiger partial charge in [0.2, 0.25) is 11.8 Å². The fraction of sp³-hybridized carbons (Fsp3) is 0.481. The van der Waals surface area contributed by atoms with E-state index >= 15 is 0 Å². The van der Waals surface area contributed by atoms with Gasteiger partial charge in [0.05, 0.1) is 11.6 Å². The summed E-state index contributed by atoms with van der Waals surface area (Å²) in [4.78, 5) is 39.6. The first-order chi connectivity index (χ1) is 16.5. The van der Waals surface area contributed by atoms with Crippen LogP contribution in [0.25, 0.3) is 10.8 Å². The van der Waals surface area contributed by atoms with E-state index < -0.39 is 0 Å². The molecule has 1 saturated heterocycles. The number of benzene rings is 1. The standard InChI is InChI=1S/C27H31N3O4/c1-3-19-13-25(32)30-24(19)16-34-27-22-11-10-20(26(33)28-2)12-23(22)21(14-29-27)9-8-17-4-6-18(15-31)7-5-17/h10-12,14-15,17-19,24H,3-7,13,16H2,1-2H3,(H,28,33)(H,30,32)/t17-,18-,19?,24?. The smallest absolute Gasteiger partial charge is 0.251 e. The van der Waals surface area contributed by atoms with Crippen LogP contribution in [0, 0.1) is 29.6 Å². The summed E-state index contributed by atoms with van der Waals surface area (Å²) in [7, 11) is 1.60. The van der Waals surface area contributed by atoms with E-state index in [-0.39, 0.29) is 35.6 Å². The third kappa shape index (κ3) is 5.22. The van der Waals surface area contributed by atoms with Crippen molar-refractivity contribution in [3.8, 4) is 17.7 Å². The Balaban J connectivity index is 1.61. The highest BCUT2D eigenvalue weighted by Gasteiger charge is 2.31. The van der Waals surface area contributed by atoms with Crippen molar-refractivity contribution in [3.05, 3.63) is 35.5 Å². The number of carbonyl (C=O) groups excluding carboxylic acids is 3. The van der Waals surface area contributed by atoms with Gasteiger partial charge in [-0.2, -0.15) is 0 Å². The molecule has 2 aliphatic rings. The Bertz CT molecular complexity index is 1140. The zero-order valence-electron chi connectivity index (χ0n) is 19.7. The molecule has 2 fully saturated rings. The van der Waals surface area contributed by atoms with Crippen LogP contribution in [-0.4, -0.2) is 42.8 Å². The fourth-order valence-corrected chi connectivity index (χ4v) is 4.83. The lowest BCUT2D eigenvalue weighted by Crippen LogP contribution is -2.34. The minimum Gasteiger partial charge on any atom is -0.475 e. The van der Waals surface area contributed by atoms with Gasteiger partial charge in [-0.1, -0.05) is 25.2 Å². The number of hydrogen-bond acceptors (Lipinski definition) is 5. The molecule has 34 heavy (non-hydrogen) atoms. The zero-order chi connectivity index (χ0) is 24.1. The van der Waals surface area contributed by atoms with Gasteiger partial charge in [-0.05, 0) is 49.8 Å². The predicted molar refractivity (Wildman–Crippen MR) is 129 cm³/mol. The molecule has 2 amide bonds. The SMILES string of the molecule is CCC1CC(=O)NC1COc1ncc(C#C[C@H]2CC[C@H](C=O)CC2)c2cc(C(=O)NC)ccc12. The molecule has 2 N–H and O–H groups in total. The largest absolute Gasteiger partial charge is 0.475 e. The van der Waals surface area contributed by atoms with Crippen LogP contribution in [0.2, 0.25) is 0 Å². The molecule has 7 heteroatoms. The number of nitrogens with one attached hydrogen (secondary N) is 2. The van der Waals surface area contributed by atoms with Crippen molar-refractivity contribution in [1.82, 2.24) is 15.6 Å². The molecule has 1 aromatic heterocycles. The van der Waals surface area contributed by atoms with Gasteiger partial charge in [0, 0.05) is 47.8 Å². The van der Waals surface area contributed by atoms with Gasteiger partial charge in [-0.3, -0.25) is 9.59 Å². The molecular formula is C27H31N3O4. The Kier molecular flexibility index (Phi) is 7.46. The topological polar surface area (TPSA) is 97.4 Å². The van der Waals surface area contributed by atoms with E-state index in [1.54, 1.807) is 19.3 Å². The van der Waals surface area contributed by atoms with E-state index in [2.05, 4.69) is 34.4 Å². The molecule has 0 bridgehead atoms. The quantitative estimate of drug-likeness (QED) is 0.508. The molecule has 7 nitrogen and oxygen atoms in total. The van der Waals surface area contributed by atoms with Crippen LogP contribution in [0.15, 0.2) is 24.4 Å². The first-order valence-corrected chi connectivity index (χ1v) is 12.1. The molecule has 1 aromatic carbocycles. The number of hydrogen-bond donors (Lipinski definition) is 2. The number of rotatable bonds is 6. The number of nitrogens with zero attached hydrogens (tertiary/aromatic N) is 1. The second-order valence-electron chi connectivity index (χ2n) is 9.19. The Morgan fingerprint density at radius 1 is 1.26 bits per heavy atom. The summed E-state index contributed by atoms with van der Waals surface area (Å²) < 4.78 is 6.08. The molecule has 2 atom stereocenters. The monoisotopic (exact) mass is 461 g/mol. The lowest BCUT2D eigenvalue weighted by atomic mass is 9.83. The number of aromatic nitrogens is 1. The van der Waals surface area contributed by atoms with Crippen molar-refractivity contribution in [2.45, 2.75) is 51.5 Å². The molecule has 2 heterocycles. The molecule has 1 aliphatic carbocycles. The Labute approximate surface area is 200 Å². The van der Waals surface area contributed by atoms with E-state index in [9.17, 15) is 14.4 Å². The lowest BCUT2D eigenvalue weighted by Gasteiger charge is -2.21. The van der Waals surface area contributed by atoms with Crippen LogP contribution in [-0.2, 0) is 9.59 Å². The van der Waals surface area contributed by atoms with E-state index in [0.717, 1.165) is 54.7 Å². The Morgan fingerprint density at radius 3 is 2.76 bits per heavy atom. The van der Waals surface area contributed by atoms with Crippen LogP contribution in [0.4, 0.5) is 0 Å². The van der Waals surface area contributed by atoms with Crippen LogP contribution in [0.1, 0.15) is 61.4 Å². The highest BCUT2D eigenvalue weighted by molar-refractivity contribution is 6.01. The second kappa shape index (κ2) is 10.7. The third-order valence-electron chi connectivity index (χ3n) is 7.00. The Hall–Kier alpha value is -3.40. The third-order valence-corrected chi connectivity index (χ3v) is 7.00. The number of amides is 2. The van der Waals surface area contributed by atoms with E-state index in [1.165, 1.54) is 0 Å². The van der Waals surface area contributed by atoms with E-state index in [4.69, 9.17) is 4.74 Å². The van der Waals surface area contributed by atoms with E-state index in [1.807, 2.05) is 12.1 Å². The summed E-state index contributed by atoms with van der Waals surface area (Å²) in [6.07, 6.45) is 7.77. The molecule has 178 valence electrons. The molecule has 2 aromatic rings. The van der Waals surface area contributed by atoms with Crippen LogP contribution < -0.4 is 15.4 Å². The highest BCUT2D eigenvalue weighted by Crippen LogP contribution is 2.30. The molecule has 1 saturated carbocycles. The highest BCUT2D eigenvalue weighted by atomic mass is 16.5. The molecular weight excluding hydrogens is 430 g/mol. The van der Waals surface area contributed by atoms with Crippen molar-refractivity contribution < 1.29 is 19.1 Å². The minimum absolute atomic E-state index is 0.0412. The maximum Gasteiger partial charge on any atom is 0.251 e. The van der Waals surface area contributed by atoms with E-state index in [0.29, 0.717) is 24.5 Å². The maximum absolute atomic E-state index is 12.3. The first-order valence-electron chi connectivity index (χ1n) is 12.1. The van der Waals surface area contributed by atoms with Gasteiger partial charge in [0.15, 0.2) is 0 Å². The molecule has 0 radical (unpaired) electrons. The number of ether oxygens (including phenoxy) is 1. The van der Waals surface area contributed by atoms with Crippen molar-refractivity contribution in [2.24, 2.45) is 17.8 Å². The van der Waals surface area contributed by atoms with Crippen LogP contribution in [0.3, 0.4) is 0 Å². The van der Waals surface area contributed by atoms with Crippen molar-refractivity contribution in [3.63, 3.8) is 0 Å². The number of aldehydes is 1. The maximum atomic E-state index is 12.3. The van der Waals surface area contributed by atoms with Gasteiger partial charge in [0.1, 0.15) is 12.9 Å². The molecule has 4 rings (SSSR count). The normalized spacial score (nSPS) is 24.1. The van der Waals surface area contributed by atoms with Gasteiger partial charge in [-0.25, -0.2) is 4.98 Å². The summed E-state index contributed by atoms with van der Waals surface area (Å²) in [5, 5.41) is 7.24. The van der Waals surface area contributed by atoms with Crippen molar-refractivity contribution >= 4 is 28.9 Å². The minimum atomic E-state index is -0.174. The predicted octanol–water partition coefficient (Wildman–Crippen LogP) is 3.24. The van der Waals surface area contributed by atoms with Gasteiger partial charge >= 0.3 is 0 Å². The van der Waals surface area contributed by atoms with Gasteiger partial charge in [-0.15, -0.1) is 0 Å². The fourth-order valence-electron chi connectivity index (χ4n) is 4.83. The average Bonchev–Trinajstić information content (AvgIpc) is 3.25. The summed E-state index contributed by atoms with van der Waals surface area (Å²) in [5.41, 5.74) is 1.28. The summed E-state index contributed by atoms with van der Waals surface area (Å²) in [5.74, 6) is 7.64. The first kappa shape index (κ1) is 23.7. The molecule has 0 spiro atoms. The Morgan fingerprint density at radius 2 is 2.06 bits per heavy atom. The number of carbonyl (C=O) groups is 3. The summed E-state index contributed by atoms with van der Waals surface area (Å²) >= 11 is 0. The van der Waals surface area contributed by atoms with Crippen molar-refractivity contribution in [1.29, 1.82) is 0 Å². The van der Waals surface area contributed by atoms with Crippen LogP contribution in [0.5, 0.6) is 5.88 Å². The summed E-state index contributed by atoms with van der Waals surface area (Å²) in [6.45, 7) is 2.42. The second-order valence-corrected chi connectivity index (χ2v) is 9.19. The molecule has 2 unspecified atom stereocenters. The number of pyridine rings is 1. The van der Waals surface area contributed by atoms with Crippen molar-refractivity contribution in [2.75, 3.05) is 13.7 Å². The van der Waals surface area contributed by atoms with Gasteiger partial charge < -0.3 is 20.2 Å². The zero-order valence-corrected chi connectivity index (χ0v) is 19.7. The molecule has 1 aliphatic heterocycles.